The molecule has 0 heterocycles. The van der Waals surface area contributed by atoms with Gasteiger partial charge in [-0.1, -0.05) is 12.1 Å². The Kier molecular flexibility index (Phi) is 4.00. The van der Waals surface area contributed by atoms with Gasteiger partial charge in [-0.3, -0.25) is 4.79 Å². The molecule has 0 N–H and O–H groups in total. The van der Waals surface area contributed by atoms with Crippen molar-refractivity contribution in [1.29, 1.82) is 0 Å². The Morgan fingerprint density at radius 1 is 1.26 bits per heavy atom. The van der Waals surface area contributed by atoms with E-state index in [9.17, 15) is 9.59 Å². The molecule has 0 aromatic heterocycles. The first-order valence-electron chi connectivity index (χ1n) is 6.15. The monoisotopic (exact) mass is 260 g/mol. The van der Waals surface area contributed by atoms with E-state index < -0.39 is 5.97 Å². The van der Waals surface area contributed by atoms with Crippen LogP contribution in [0.25, 0.3) is 5.57 Å². The number of carbonyl (C=O) groups excluding carboxylic acids is 2. The molecule has 19 heavy (non-hydrogen) atoms. The Balaban J connectivity index is 2.45. The zero-order valence-corrected chi connectivity index (χ0v) is 11.1. The van der Waals surface area contributed by atoms with Crippen LogP contribution in [0.4, 0.5) is 0 Å². The van der Waals surface area contributed by atoms with Crippen molar-refractivity contribution in [3.63, 3.8) is 0 Å². The van der Waals surface area contributed by atoms with Gasteiger partial charge in [-0.2, -0.15) is 0 Å². The number of benzene rings is 1. The van der Waals surface area contributed by atoms with Crippen molar-refractivity contribution in [3.8, 4) is 0 Å². The van der Waals surface area contributed by atoms with Crippen LogP contribution in [0.1, 0.15) is 34.3 Å². The molecule has 1 aromatic carbocycles. The molecule has 0 aliphatic heterocycles. The lowest BCUT2D eigenvalue weighted by Crippen LogP contribution is -2.12. The van der Waals surface area contributed by atoms with Crippen molar-refractivity contribution in [3.05, 3.63) is 41.2 Å². The largest absolute Gasteiger partial charge is 0.503 e. The minimum atomic E-state index is -0.481. The molecule has 0 unspecified atom stereocenters. The Labute approximate surface area is 112 Å². The van der Waals surface area contributed by atoms with Crippen molar-refractivity contribution < 1.29 is 19.1 Å². The average molecular weight is 260 g/mol. The summed E-state index contributed by atoms with van der Waals surface area (Å²) in [4.78, 5) is 23.6. The number of methoxy groups -OCH3 is 2. The highest BCUT2D eigenvalue weighted by Crippen LogP contribution is 2.26. The van der Waals surface area contributed by atoms with Gasteiger partial charge in [0.2, 0.25) is 0 Å². The summed E-state index contributed by atoms with van der Waals surface area (Å²) in [6.07, 6.45) is 3.70. The van der Waals surface area contributed by atoms with Gasteiger partial charge in [0.15, 0.2) is 5.78 Å². The predicted molar refractivity (Wildman–Crippen MR) is 70.7 cm³/mol. The second kappa shape index (κ2) is 5.69. The summed E-state index contributed by atoms with van der Waals surface area (Å²) in [5.74, 6) is -0.352. The Morgan fingerprint density at radius 3 is 2.74 bits per heavy atom. The molecule has 1 aliphatic rings. The zero-order chi connectivity index (χ0) is 13.8. The number of esters is 1. The number of fused-ring (bicyclic) bond motifs is 1. The number of hydrogen-bond donors (Lipinski definition) is 0. The predicted octanol–water partition coefficient (Wildman–Crippen LogP) is 2.37. The maximum atomic E-state index is 11.9. The van der Waals surface area contributed by atoms with Crippen molar-refractivity contribution >= 4 is 17.3 Å². The summed E-state index contributed by atoms with van der Waals surface area (Å²) >= 11 is 0. The third-order valence-electron chi connectivity index (χ3n) is 3.21. The summed E-state index contributed by atoms with van der Waals surface area (Å²) < 4.78 is 9.62. The number of rotatable bonds is 3. The molecule has 1 aliphatic carbocycles. The fourth-order valence-corrected chi connectivity index (χ4v) is 2.26. The summed E-state index contributed by atoms with van der Waals surface area (Å²) in [5, 5.41) is 0. The Hall–Kier alpha value is -2.10. The Bertz CT molecular complexity index is 543. The average Bonchev–Trinajstić information content (AvgIpc) is 2.44. The van der Waals surface area contributed by atoms with Gasteiger partial charge in [0.25, 0.3) is 0 Å². The van der Waals surface area contributed by atoms with E-state index in [1.807, 2.05) is 12.1 Å². The molecule has 0 amide bonds. The Morgan fingerprint density at radius 2 is 2.05 bits per heavy atom. The zero-order valence-electron chi connectivity index (χ0n) is 11.1. The standard InChI is InChI=1S/C15H16O4/c1-18-9-13(15(17)19-2)11-7-6-10-4-3-5-14(16)12(10)8-11/h6-9H,3-5H2,1-2H3/b13-9+. The molecule has 0 radical (unpaired) electrons. The first-order valence-corrected chi connectivity index (χ1v) is 6.15. The topological polar surface area (TPSA) is 52.6 Å². The molecule has 4 nitrogen and oxygen atoms in total. The number of hydrogen-bond acceptors (Lipinski definition) is 4. The third kappa shape index (κ3) is 2.67. The molecule has 1 aromatic rings. The molecule has 0 bridgehead atoms. The van der Waals surface area contributed by atoms with E-state index in [2.05, 4.69) is 0 Å². The van der Waals surface area contributed by atoms with Gasteiger partial charge >= 0.3 is 5.97 Å². The van der Waals surface area contributed by atoms with Crippen LogP contribution in [0.2, 0.25) is 0 Å². The number of aryl methyl sites for hydroxylation is 1. The summed E-state index contributed by atoms with van der Waals surface area (Å²) in [5.41, 5.74) is 2.70. The number of ether oxygens (including phenoxy) is 2. The van der Waals surface area contributed by atoms with E-state index in [0.717, 1.165) is 18.4 Å². The van der Waals surface area contributed by atoms with Crippen LogP contribution < -0.4 is 0 Å². The third-order valence-corrected chi connectivity index (χ3v) is 3.21. The number of carbonyl (C=O) groups is 2. The van der Waals surface area contributed by atoms with E-state index in [4.69, 9.17) is 9.47 Å². The van der Waals surface area contributed by atoms with Crippen LogP contribution in [0, 0.1) is 0 Å². The smallest absolute Gasteiger partial charge is 0.341 e. The highest BCUT2D eigenvalue weighted by Gasteiger charge is 2.20. The lowest BCUT2D eigenvalue weighted by Gasteiger charge is -2.16. The van der Waals surface area contributed by atoms with Crippen LogP contribution >= 0.6 is 0 Å². The van der Waals surface area contributed by atoms with Crippen molar-refractivity contribution in [2.24, 2.45) is 0 Å². The fraction of sp³-hybridized carbons (Fsp3) is 0.333. The molecule has 0 saturated carbocycles. The van der Waals surface area contributed by atoms with Gasteiger partial charge in [-0.15, -0.1) is 0 Å². The highest BCUT2D eigenvalue weighted by atomic mass is 16.5. The lowest BCUT2D eigenvalue weighted by molar-refractivity contribution is -0.133. The molecule has 2 rings (SSSR count). The summed E-state index contributed by atoms with van der Waals surface area (Å²) in [6.45, 7) is 0. The van der Waals surface area contributed by atoms with Gasteiger partial charge in [-0.25, -0.2) is 4.79 Å². The first kappa shape index (κ1) is 13.3. The summed E-state index contributed by atoms with van der Waals surface area (Å²) in [7, 11) is 2.78. The fourth-order valence-electron chi connectivity index (χ4n) is 2.26. The van der Waals surface area contributed by atoms with Gasteiger partial charge in [-0.05, 0) is 30.0 Å². The summed E-state index contributed by atoms with van der Waals surface area (Å²) in [6, 6.07) is 5.46. The van der Waals surface area contributed by atoms with E-state index in [-0.39, 0.29) is 5.78 Å². The van der Waals surface area contributed by atoms with Crippen LogP contribution in [-0.4, -0.2) is 26.0 Å². The van der Waals surface area contributed by atoms with Gasteiger partial charge in [0.05, 0.1) is 20.5 Å². The highest BCUT2D eigenvalue weighted by molar-refractivity contribution is 6.16. The molecular weight excluding hydrogens is 244 g/mol. The van der Waals surface area contributed by atoms with Gasteiger partial charge < -0.3 is 9.47 Å². The number of ketones is 1. The van der Waals surface area contributed by atoms with Crippen LogP contribution in [0.15, 0.2) is 24.5 Å². The molecule has 0 spiro atoms. The van der Waals surface area contributed by atoms with E-state index >= 15 is 0 Å². The molecule has 4 heteroatoms. The van der Waals surface area contributed by atoms with Gasteiger partial charge in [0, 0.05) is 12.0 Å². The second-order valence-electron chi connectivity index (χ2n) is 4.41. The SMILES string of the molecule is CO/C=C(/C(=O)OC)c1ccc2c(c1)C(=O)CCC2. The molecule has 0 saturated heterocycles. The molecular formula is C15H16O4. The maximum absolute atomic E-state index is 11.9. The maximum Gasteiger partial charge on any atom is 0.341 e. The van der Waals surface area contributed by atoms with E-state index in [1.165, 1.54) is 20.5 Å². The second-order valence-corrected chi connectivity index (χ2v) is 4.41. The molecule has 0 fully saturated rings. The van der Waals surface area contributed by atoms with Gasteiger partial charge in [0.1, 0.15) is 5.57 Å². The minimum absolute atomic E-state index is 0.129. The van der Waals surface area contributed by atoms with E-state index in [1.54, 1.807) is 6.07 Å². The normalized spacial score (nSPS) is 14.8. The van der Waals surface area contributed by atoms with Crippen molar-refractivity contribution in [2.75, 3.05) is 14.2 Å². The minimum Gasteiger partial charge on any atom is -0.503 e. The first-order chi connectivity index (χ1) is 9.17. The molecule has 100 valence electrons. The van der Waals surface area contributed by atoms with Crippen LogP contribution in [-0.2, 0) is 20.7 Å². The van der Waals surface area contributed by atoms with E-state index in [0.29, 0.717) is 23.1 Å². The lowest BCUT2D eigenvalue weighted by atomic mass is 9.88. The van der Waals surface area contributed by atoms with Crippen LogP contribution in [0.5, 0.6) is 0 Å². The van der Waals surface area contributed by atoms with Crippen molar-refractivity contribution in [2.45, 2.75) is 19.3 Å². The van der Waals surface area contributed by atoms with Crippen LogP contribution in [0.3, 0.4) is 0 Å². The number of Topliss-reactive ketones (excluding diaryl/α,β-unsaturated/α-hetero) is 1. The quantitative estimate of drug-likeness (QED) is 0.475. The van der Waals surface area contributed by atoms with Crippen molar-refractivity contribution in [1.82, 2.24) is 0 Å². The molecule has 0 atom stereocenters.